The van der Waals surface area contributed by atoms with E-state index >= 15 is 0 Å². The van der Waals surface area contributed by atoms with Crippen molar-refractivity contribution in [2.75, 3.05) is 0 Å². The van der Waals surface area contributed by atoms with E-state index in [0.29, 0.717) is 0 Å². The second kappa shape index (κ2) is 1.70. The fourth-order valence-corrected chi connectivity index (χ4v) is 0.779. The average molecular weight is 130 g/mol. The number of rotatable bonds is 1. The van der Waals surface area contributed by atoms with Gasteiger partial charge in [0.2, 0.25) is 0 Å². The van der Waals surface area contributed by atoms with E-state index in [-0.39, 0.29) is 5.60 Å². The van der Waals surface area contributed by atoms with E-state index in [1.807, 2.05) is 20.8 Å². The summed E-state index contributed by atoms with van der Waals surface area (Å²) in [6, 6.07) is 0. The van der Waals surface area contributed by atoms with E-state index < -0.39 is 5.79 Å². The standard InChI is InChI=1S/C7H14O2/c1-6(2,3)9-7(8)4-5-7/h8H,4-5H2,1-3H3. The summed E-state index contributed by atoms with van der Waals surface area (Å²) in [6.45, 7) is 5.84. The molecule has 1 N–H and O–H groups in total. The fourth-order valence-electron chi connectivity index (χ4n) is 0.779. The summed E-state index contributed by atoms with van der Waals surface area (Å²) in [4.78, 5) is 0. The predicted octanol–water partition coefficient (Wildman–Crippen LogP) is 1.28. The van der Waals surface area contributed by atoms with Gasteiger partial charge in [0.1, 0.15) is 0 Å². The summed E-state index contributed by atoms with van der Waals surface area (Å²) >= 11 is 0. The Balaban J connectivity index is 2.33. The van der Waals surface area contributed by atoms with Crippen LogP contribution >= 0.6 is 0 Å². The first-order valence-corrected chi connectivity index (χ1v) is 3.34. The monoisotopic (exact) mass is 130 g/mol. The van der Waals surface area contributed by atoms with Crippen LogP contribution in [0.5, 0.6) is 0 Å². The molecule has 0 unspecified atom stereocenters. The van der Waals surface area contributed by atoms with E-state index in [1.54, 1.807) is 0 Å². The maximum Gasteiger partial charge on any atom is 0.166 e. The van der Waals surface area contributed by atoms with Crippen molar-refractivity contribution in [3.05, 3.63) is 0 Å². The lowest BCUT2D eigenvalue weighted by Gasteiger charge is -2.23. The average Bonchev–Trinajstić information content (AvgIpc) is 2.12. The first-order chi connectivity index (χ1) is 3.91. The van der Waals surface area contributed by atoms with Crippen molar-refractivity contribution in [2.24, 2.45) is 0 Å². The van der Waals surface area contributed by atoms with Crippen LogP contribution < -0.4 is 0 Å². The second-order valence-electron chi connectivity index (χ2n) is 3.66. The lowest BCUT2D eigenvalue weighted by Crippen LogP contribution is -2.28. The Morgan fingerprint density at radius 1 is 1.33 bits per heavy atom. The van der Waals surface area contributed by atoms with Crippen LogP contribution in [-0.2, 0) is 4.74 Å². The van der Waals surface area contributed by atoms with Gasteiger partial charge in [-0.3, -0.25) is 0 Å². The van der Waals surface area contributed by atoms with Crippen LogP contribution in [0.4, 0.5) is 0 Å². The smallest absolute Gasteiger partial charge is 0.166 e. The zero-order chi connectivity index (χ0) is 7.12. The molecule has 0 aliphatic heterocycles. The summed E-state index contributed by atoms with van der Waals surface area (Å²) in [5.41, 5.74) is -0.203. The normalized spacial score (nSPS) is 24.0. The van der Waals surface area contributed by atoms with Gasteiger partial charge >= 0.3 is 0 Å². The molecule has 2 nitrogen and oxygen atoms in total. The molecule has 0 heterocycles. The van der Waals surface area contributed by atoms with Gasteiger partial charge in [0.15, 0.2) is 5.79 Å². The van der Waals surface area contributed by atoms with E-state index in [9.17, 15) is 5.11 Å². The molecule has 1 fully saturated rings. The molecule has 0 atom stereocenters. The van der Waals surface area contributed by atoms with Crippen molar-refractivity contribution in [1.82, 2.24) is 0 Å². The Kier molecular flexibility index (Phi) is 1.33. The zero-order valence-corrected chi connectivity index (χ0v) is 6.27. The molecule has 1 aliphatic carbocycles. The van der Waals surface area contributed by atoms with Gasteiger partial charge in [-0.25, -0.2) is 0 Å². The molecule has 0 amide bonds. The first kappa shape index (κ1) is 7.03. The van der Waals surface area contributed by atoms with Crippen molar-refractivity contribution in [2.45, 2.75) is 45.0 Å². The molecule has 0 saturated heterocycles. The third kappa shape index (κ3) is 2.33. The van der Waals surface area contributed by atoms with Gasteiger partial charge in [0.25, 0.3) is 0 Å². The Morgan fingerprint density at radius 3 is 1.89 bits per heavy atom. The highest BCUT2D eigenvalue weighted by atomic mass is 16.6. The second-order valence-corrected chi connectivity index (χ2v) is 3.66. The maximum atomic E-state index is 9.24. The van der Waals surface area contributed by atoms with Crippen molar-refractivity contribution in [1.29, 1.82) is 0 Å². The molecule has 0 bridgehead atoms. The largest absolute Gasteiger partial charge is 0.365 e. The van der Waals surface area contributed by atoms with Crippen molar-refractivity contribution in [3.8, 4) is 0 Å². The highest BCUT2D eigenvalue weighted by Gasteiger charge is 2.44. The Labute approximate surface area is 55.8 Å². The molecule has 0 spiro atoms. The topological polar surface area (TPSA) is 29.5 Å². The van der Waals surface area contributed by atoms with Gasteiger partial charge in [-0.15, -0.1) is 0 Å². The molecular weight excluding hydrogens is 116 g/mol. The highest BCUT2D eigenvalue weighted by Crippen LogP contribution is 2.39. The molecule has 9 heavy (non-hydrogen) atoms. The highest BCUT2D eigenvalue weighted by molar-refractivity contribution is 4.85. The Bertz CT molecular complexity index is 105. The fraction of sp³-hybridized carbons (Fsp3) is 1.00. The van der Waals surface area contributed by atoms with E-state index in [1.165, 1.54) is 0 Å². The third-order valence-corrected chi connectivity index (χ3v) is 1.17. The van der Waals surface area contributed by atoms with Crippen LogP contribution in [0.25, 0.3) is 0 Å². The third-order valence-electron chi connectivity index (χ3n) is 1.17. The van der Waals surface area contributed by atoms with Crippen molar-refractivity contribution in [3.63, 3.8) is 0 Å². The number of hydrogen-bond acceptors (Lipinski definition) is 2. The number of hydrogen-bond donors (Lipinski definition) is 1. The lowest BCUT2D eigenvalue weighted by atomic mass is 10.2. The van der Waals surface area contributed by atoms with Gasteiger partial charge in [-0.2, -0.15) is 0 Å². The minimum Gasteiger partial charge on any atom is -0.365 e. The summed E-state index contributed by atoms with van der Waals surface area (Å²) in [5.74, 6) is -0.766. The molecule has 1 rings (SSSR count). The van der Waals surface area contributed by atoms with Crippen LogP contribution in [0.15, 0.2) is 0 Å². The van der Waals surface area contributed by atoms with Gasteiger partial charge in [0.05, 0.1) is 5.60 Å². The van der Waals surface area contributed by atoms with Crippen LogP contribution in [0.1, 0.15) is 33.6 Å². The molecule has 54 valence electrons. The lowest BCUT2D eigenvalue weighted by molar-refractivity contribution is -0.187. The molecular formula is C7H14O2. The molecule has 0 aromatic heterocycles. The molecule has 1 aliphatic rings. The minimum atomic E-state index is -0.766. The Hall–Kier alpha value is -0.0800. The maximum absolute atomic E-state index is 9.24. The summed E-state index contributed by atoms with van der Waals surface area (Å²) < 4.78 is 5.29. The SMILES string of the molecule is CC(C)(C)OC1(O)CC1. The Morgan fingerprint density at radius 2 is 1.78 bits per heavy atom. The van der Waals surface area contributed by atoms with Crippen molar-refractivity contribution >= 4 is 0 Å². The van der Waals surface area contributed by atoms with Gasteiger partial charge in [-0.05, 0) is 20.8 Å². The van der Waals surface area contributed by atoms with Crippen LogP contribution in [0, 0.1) is 0 Å². The molecule has 0 aromatic carbocycles. The summed E-state index contributed by atoms with van der Waals surface area (Å²) in [6.07, 6.45) is 1.59. The van der Waals surface area contributed by atoms with E-state index in [0.717, 1.165) is 12.8 Å². The number of aliphatic hydroxyl groups is 1. The molecule has 2 heteroatoms. The zero-order valence-electron chi connectivity index (χ0n) is 6.27. The van der Waals surface area contributed by atoms with Crippen LogP contribution in [0.2, 0.25) is 0 Å². The minimum absolute atomic E-state index is 0.203. The quantitative estimate of drug-likeness (QED) is 0.542. The van der Waals surface area contributed by atoms with Gasteiger partial charge in [0, 0.05) is 12.8 Å². The van der Waals surface area contributed by atoms with E-state index in [2.05, 4.69) is 0 Å². The van der Waals surface area contributed by atoms with Gasteiger partial charge < -0.3 is 9.84 Å². The summed E-state index contributed by atoms with van der Waals surface area (Å²) in [7, 11) is 0. The van der Waals surface area contributed by atoms with Crippen LogP contribution in [-0.4, -0.2) is 16.5 Å². The number of ether oxygens (including phenoxy) is 1. The molecule has 0 radical (unpaired) electrons. The van der Waals surface area contributed by atoms with E-state index in [4.69, 9.17) is 4.74 Å². The van der Waals surface area contributed by atoms with Crippen molar-refractivity contribution < 1.29 is 9.84 Å². The molecule has 0 aromatic rings. The predicted molar refractivity (Wildman–Crippen MR) is 35.0 cm³/mol. The summed E-state index contributed by atoms with van der Waals surface area (Å²) in [5, 5.41) is 9.24. The van der Waals surface area contributed by atoms with Gasteiger partial charge in [-0.1, -0.05) is 0 Å². The van der Waals surface area contributed by atoms with Crippen LogP contribution in [0.3, 0.4) is 0 Å². The molecule has 1 saturated carbocycles. The first-order valence-electron chi connectivity index (χ1n) is 3.34.